The summed E-state index contributed by atoms with van der Waals surface area (Å²) in [6.45, 7) is 1.79. The summed E-state index contributed by atoms with van der Waals surface area (Å²) in [5.74, 6) is -0.589. The van der Waals surface area contributed by atoms with Gasteiger partial charge >= 0.3 is 0 Å². The van der Waals surface area contributed by atoms with Gasteiger partial charge in [-0.2, -0.15) is 0 Å². The molecule has 2 aromatic carbocycles. The van der Waals surface area contributed by atoms with Crippen molar-refractivity contribution in [2.24, 2.45) is 0 Å². The number of fused-ring (bicyclic) bond motifs is 1. The van der Waals surface area contributed by atoms with Gasteiger partial charge in [-0.25, -0.2) is 23.7 Å². The van der Waals surface area contributed by atoms with Gasteiger partial charge in [0.25, 0.3) is 0 Å². The molecular formula is C24H17ClF2N6. The molecule has 0 amide bonds. The second kappa shape index (κ2) is 8.55. The van der Waals surface area contributed by atoms with Gasteiger partial charge in [0.2, 0.25) is 0 Å². The van der Waals surface area contributed by atoms with E-state index in [1.807, 2.05) is 0 Å². The van der Waals surface area contributed by atoms with Crippen molar-refractivity contribution in [1.29, 1.82) is 0 Å². The SMILES string of the molecule is CC(Nc1ncnc2[nH]cnc12)c1c(F)c(Cl)cc(-c2ccncc2)c1-c1cccc(F)c1. The van der Waals surface area contributed by atoms with Crippen LogP contribution in [0.5, 0.6) is 0 Å². The molecule has 6 nitrogen and oxygen atoms in total. The number of anilines is 1. The van der Waals surface area contributed by atoms with Gasteiger partial charge in [0, 0.05) is 18.0 Å². The summed E-state index contributed by atoms with van der Waals surface area (Å²) >= 11 is 6.35. The van der Waals surface area contributed by atoms with Crippen LogP contribution in [0.3, 0.4) is 0 Å². The van der Waals surface area contributed by atoms with Crippen LogP contribution >= 0.6 is 11.6 Å². The van der Waals surface area contributed by atoms with Gasteiger partial charge in [-0.05, 0) is 59.5 Å². The van der Waals surface area contributed by atoms with Crippen LogP contribution in [0, 0.1) is 11.6 Å². The van der Waals surface area contributed by atoms with Crippen LogP contribution in [0.25, 0.3) is 33.4 Å². The van der Waals surface area contributed by atoms with Gasteiger partial charge in [-0.15, -0.1) is 0 Å². The molecule has 5 aromatic rings. The molecular weight excluding hydrogens is 446 g/mol. The first-order chi connectivity index (χ1) is 16.0. The second-order valence-corrected chi connectivity index (χ2v) is 7.85. The summed E-state index contributed by atoms with van der Waals surface area (Å²) in [4.78, 5) is 19.6. The molecule has 1 atom stereocenters. The fraction of sp³-hybridized carbons (Fsp3) is 0.0833. The summed E-state index contributed by atoms with van der Waals surface area (Å²) in [7, 11) is 0. The van der Waals surface area contributed by atoms with E-state index >= 15 is 4.39 Å². The maximum atomic E-state index is 15.6. The number of aromatic nitrogens is 5. The average Bonchev–Trinajstić information content (AvgIpc) is 3.31. The lowest BCUT2D eigenvalue weighted by molar-refractivity contribution is 0.601. The van der Waals surface area contributed by atoms with Gasteiger partial charge in [0.15, 0.2) is 11.5 Å². The number of imidazole rings is 1. The van der Waals surface area contributed by atoms with E-state index in [1.165, 1.54) is 24.8 Å². The van der Waals surface area contributed by atoms with Crippen LogP contribution in [-0.4, -0.2) is 24.9 Å². The molecule has 3 heterocycles. The highest BCUT2D eigenvalue weighted by Gasteiger charge is 2.25. The minimum atomic E-state index is -0.600. The molecule has 0 aliphatic heterocycles. The lowest BCUT2D eigenvalue weighted by Gasteiger charge is -2.23. The Morgan fingerprint density at radius 1 is 1.00 bits per heavy atom. The third-order valence-electron chi connectivity index (χ3n) is 5.36. The van der Waals surface area contributed by atoms with Crippen LogP contribution in [0.15, 0.2) is 67.5 Å². The number of pyridine rings is 1. The Labute approximate surface area is 192 Å². The summed E-state index contributed by atoms with van der Waals surface area (Å²) in [6.07, 6.45) is 6.17. The van der Waals surface area contributed by atoms with Crippen molar-refractivity contribution in [2.75, 3.05) is 5.32 Å². The monoisotopic (exact) mass is 462 g/mol. The van der Waals surface area contributed by atoms with Crippen molar-refractivity contribution in [3.63, 3.8) is 0 Å². The molecule has 3 aromatic heterocycles. The molecule has 164 valence electrons. The van der Waals surface area contributed by atoms with E-state index in [9.17, 15) is 4.39 Å². The second-order valence-electron chi connectivity index (χ2n) is 7.44. The number of benzene rings is 2. The molecule has 0 saturated heterocycles. The first-order valence-corrected chi connectivity index (χ1v) is 10.5. The van der Waals surface area contributed by atoms with Gasteiger partial charge in [-0.1, -0.05) is 23.7 Å². The van der Waals surface area contributed by atoms with Crippen LogP contribution in [0.2, 0.25) is 5.02 Å². The number of rotatable bonds is 5. The molecule has 1 unspecified atom stereocenters. The minimum Gasteiger partial charge on any atom is -0.361 e. The van der Waals surface area contributed by atoms with E-state index in [1.54, 1.807) is 49.6 Å². The first-order valence-electron chi connectivity index (χ1n) is 10.1. The van der Waals surface area contributed by atoms with Crippen LogP contribution in [0.4, 0.5) is 14.6 Å². The van der Waals surface area contributed by atoms with Crippen LogP contribution < -0.4 is 5.32 Å². The van der Waals surface area contributed by atoms with E-state index in [4.69, 9.17) is 11.6 Å². The molecule has 0 radical (unpaired) electrons. The minimum absolute atomic E-state index is 0.0433. The quantitative estimate of drug-likeness (QED) is 0.325. The summed E-state index contributed by atoms with van der Waals surface area (Å²) in [5.41, 5.74) is 3.83. The Morgan fingerprint density at radius 2 is 1.82 bits per heavy atom. The highest BCUT2D eigenvalue weighted by atomic mass is 35.5. The summed E-state index contributed by atoms with van der Waals surface area (Å²) < 4.78 is 29.8. The van der Waals surface area contributed by atoms with E-state index in [0.29, 0.717) is 33.7 Å². The number of halogens is 3. The Kier molecular flexibility index (Phi) is 5.43. The van der Waals surface area contributed by atoms with Crippen molar-refractivity contribution in [3.05, 3.63) is 89.7 Å². The Hall–Kier alpha value is -3.91. The number of nitrogens with zero attached hydrogens (tertiary/aromatic N) is 4. The lowest BCUT2D eigenvalue weighted by Crippen LogP contribution is -2.13. The van der Waals surface area contributed by atoms with E-state index in [0.717, 1.165) is 5.56 Å². The zero-order valence-corrected chi connectivity index (χ0v) is 18.1. The average molecular weight is 463 g/mol. The molecule has 0 bridgehead atoms. The number of hydrogen-bond donors (Lipinski definition) is 2. The standard InChI is InChI=1S/C24H17ClF2N6/c1-13(33-24-22-23(30-11-29-22)31-12-32-24)19-20(15-3-2-4-16(26)9-15)17(10-18(25)21(19)27)14-5-7-28-8-6-14/h2-13H,1H3,(H2,29,30,31,32,33). The molecule has 0 aliphatic carbocycles. The van der Waals surface area contributed by atoms with E-state index in [-0.39, 0.29) is 10.6 Å². The highest BCUT2D eigenvalue weighted by molar-refractivity contribution is 6.31. The molecule has 0 aliphatic rings. The predicted molar refractivity (Wildman–Crippen MR) is 124 cm³/mol. The third kappa shape index (κ3) is 3.89. The fourth-order valence-electron chi connectivity index (χ4n) is 3.91. The molecule has 0 saturated carbocycles. The van der Waals surface area contributed by atoms with Crippen molar-refractivity contribution in [3.8, 4) is 22.3 Å². The highest BCUT2D eigenvalue weighted by Crippen LogP contribution is 2.42. The van der Waals surface area contributed by atoms with E-state index in [2.05, 4.69) is 30.2 Å². The number of aromatic amines is 1. The van der Waals surface area contributed by atoms with Crippen molar-refractivity contribution in [1.82, 2.24) is 24.9 Å². The maximum absolute atomic E-state index is 15.6. The number of H-pyrrole nitrogens is 1. The van der Waals surface area contributed by atoms with Gasteiger partial charge in [0.05, 0.1) is 17.4 Å². The number of hydrogen-bond acceptors (Lipinski definition) is 5. The summed E-state index contributed by atoms with van der Waals surface area (Å²) in [6, 6.07) is 10.6. The molecule has 9 heteroatoms. The summed E-state index contributed by atoms with van der Waals surface area (Å²) in [5, 5.41) is 3.18. The molecule has 2 N–H and O–H groups in total. The third-order valence-corrected chi connectivity index (χ3v) is 5.64. The fourth-order valence-corrected chi connectivity index (χ4v) is 4.12. The molecule has 5 rings (SSSR count). The van der Waals surface area contributed by atoms with E-state index < -0.39 is 17.7 Å². The predicted octanol–water partition coefficient (Wildman–Crippen LogP) is 6.19. The first kappa shape index (κ1) is 21.0. The van der Waals surface area contributed by atoms with Crippen LogP contribution in [-0.2, 0) is 0 Å². The topological polar surface area (TPSA) is 79.4 Å². The zero-order chi connectivity index (χ0) is 22.9. The van der Waals surface area contributed by atoms with Gasteiger partial charge in [-0.3, -0.25) is 4.98 Å². The van der Waals surface area contributed by atoms with Gasteiger partial charge in [0.1, 0.15) is 23.5 Å². The Balaban J connectivity index is 1.73. The zero-order valence-electron chi connectivity index (χ0n) is 17.4. The Bertz CT molecular complexity index is 1450. The van der Waals surface area contributed by atoms with Crippen LogP contribution in [0.1, 0.15) is 18.5 Å². The largest absolute Gasteiger partial charge is 0.361 e. The molecule has 0 fully saturated rings. The normalized spacial score (nSPS) is 12.1. The molecule has 0 spiro atoms. The van der Waals surface area contributed by atoms with Gasteiger partial charge < -0.3 is 10.3 Å². The maximum Gasteiger partial charge on any atom is 0.162 e. The Morgan fingerprint density at radius 3 is 2.61 bits per heavy atom. The van der Waals surface area contributed by atoms with Crippen molar-refractivity contribution < 1.29 is 8.78 Å². The lowest BCUT2D eigenvalue weighted by atomic mass is 9.87. The smallest absolute Gasteiger partial charge is 0.162 e. The van der Waals surface area contributed by atoms with Crippen molar-refractivity contribution >= 4 is 28.6 Å². The molecule has 33 heavy (non-hydrogen) atoms. The number of nitrogens with one attached hydrogen (secondary N) is 2. The van der Waals surface area contributed by atoms with Crippen molar-refractivity contribution in [2.45, 2.75) is 13.0 Å².